The second kappa shape index (κ2) is 9.03. The highest BCUT2D eigenvalue weighted by molar-refractivity contribution is 5.92. The number of likely N-dealkylation sites (N-methyl/N-ethyl adjacent to an activating group) is 1. The average Bonchev–Trinajstić information content (AvgIpc) is 3.32. The van der Waals surface area contributed by atoms with E-state index in [4.69, 9.17) is 15.2 Å². The summed E-state index contributed by atoms with van der Waals surface area (Å²) in [6.07, 6.45) is 4.04. The molecule has 10 nitrogen and oxygen atoms in total. The topological polar surface area (TPSA) is 109 Å². The van der Waals surface area contributed by atoms with Gasteiger partial charge >= 0.3 is 0 Å². The van der Waals surface area contributed by atoms with Gasteiger partial charge in [-0.25, -0.2) is 15.0 Å². The Morgan fingerprint density at radius 2 is 1.82 bits per heavy atom. The Morgan fingerprint density at radius 3 is 2.55 bits per heavy atom. The van der Waals surface area contributed by atoms with Gasteiger partial charge < -0.3 is 25.3 Å². The van der Waals surface area contributed by atoms with Gasteiger partial charge in [0.15, 0.2) is 0 Å². The lowest BCUT2D eigenvalue weighted by Crippen LogP contribution is -2.45. The lowest BCUT2D eigenvalue weighted by atomic mass is 10.2. The smallest absolute Gasteiger partial charge is 0.227 e. The van der Waals surface area contributed by atoms with Gasteiger partial charge in [-0.15, -0.1) is 0 Å². The third kappa shape index (κ3) is 4.45. The van der Waals surface area contributed by atoms with E-state index < -0.39 is 0 Å². The summed E-state index contributed by atoms with van der Waals surface area (Å²) in [5.74, 6) is 2.32. The first-order valence-electron chi connectivity index (χ1n) is 11.3. The van der Waals surface area contributed by atoms with Gasteiger partial charge in [-0.2, -0.15) is 10.2 Å². The van der Waals surface area contributed by atoms with Gasteiger partial charge in [0.2, 0.25) is 11.9 Å². The number of nitrogens with zero attached hydrogens (tertiary/aromatic N) is 8. The summed E-state index contributed by atoms with van der Waals surface area (Å²) in [5, 5.41) is 16.6. The molecule has 0 unspecified atom stereocenters. The van der Waals surface area contributed by atoms with E-state index in [2.05, 4.69) is 60.5 Å². The maximum absolute atomic E-state index is 8.94. The first kappa shape index (κ1) is 21.2. The highest BCUT2D eigenvalue weighted by atomic mass is 15.3. The van der Waals surface area contributed by atoms with E-state index in [0.29, 0.717) is 11.5 Å². The monoisotopic (exact) mass is 444 g/mol. The fourth-order valence-electron chi connectivity index (χ4n) is 4.36. The molecule has 2 fully saturated rings. The van der Waals surface area contributed by atoms with Crippen LogP contribution in [0.25, 0.3) is 10.9 Å². The Labute approximate surface area is 193 Å². The third-order valence-corrected chi connectivity index (χ3v) is 6.34. The summed E-state index contributed by atoms with van der Waals surface area (Å²) < 4.78 is 0. The Morgan fingerprint density at radius 1 is 1.03 bits per heavy atom. The van der Waals surface area contributed by atoms with Crippen LogP contribution in [0, 0.1) is 11.3 Å². The minimum absolute atomic E-state index is 0.201. The first-order chi connectivity index (χ1) is 16.1. The molecule has 2 aromatic heterocycles. The number of anilines is 4. The second-order valence-electron chi connectivity index (χ2n) is 8.60. The van der Waals surface area contributed by atoms with Crippen molar-refractivity contribution in [1.82, 2.24) is 24.8 Å². The van der Waals surface area contributed by atoms with E-state index in [1.165, 1.54) is 0 Å². The Kier molecular flexibility index (Phi) is 5.79. The van der Waals surface area contributed by atoms with Crippen molar-refractivity contribution in [3.05, 3.63) is 36.2 Å². The normalized spacial score (nSPS) is 19.0. The maximum Gasteiger partial charge on any atom is 0.227 e. The lowest BCUT2D eigenvalue weighted by Gasteiger charge is -2.33. The molecule has 170 valence electrons. The number of fused-ring (bicyclic) bond motifs is 1. The van der Waals surface area contributed by atoms with Gasteiger partial charge in [0.1, 0.15) is 11.9 Å². The van der Waals surface area contributed by atoms with Gasteiger partial charge in [0, 0.05) is 63.4 Å². The van der Waals surface area contributed by atoms with Crippen molar-refractivity contribution >= 4 is 34.3 Å². The molecule has 0 aliphatic carbocycles. The van der Waals surface area contributed by atoms with Gasteiger partial charge in [-0.1, -0.05) is 0 Å². The number of nitrogens with one attached hydrogen (secondary N) is 2. The second-order valence-corrected chi connectivity index (χ2v) is 8.60. The summed E-state index contributed by atoms with van der Waals surface area (Å²) in [6.45, 7) is 5.55. The molecule has 2 N–H and O–H groups in total. The molecule has 1 atom stereocenters. The fourth-order valence-corrected chi connectivity index (χ4v) is 4.36. The molecule has 0 saturated carbocycles. The molecule has 2 aliphatic heterocycles. The summed E-state index contributed by atoms with van der Waals surface area (Å²) >= 11 is 0. The van der Waals surface area contributed by atoms with Crippen LogP contribution in [-0.4, -0.2) is 84.2 Å². The van der Waals surface area contributed by atoms with Crippen molar-refractivity contribution in [3.63, 3.8) is 0 Å². The quantitative estimate of drug-likeness (QED) is 0.604. The fraction of sp³-hybridized carbons (Fsp3) is 0.435. The molecule has 4 heterocycles. The molecular weight excluding hydrogens is 416 g/mol. The van der Waals surface area contributed by atoms with Crippen molar-refractivity contribution in [2.45, 2.75) is 12.5 Å². The van der Waals surface area contributed by atoms with Crippen LogP contribution in [0.1, 0.15) is 12.0 Å². The summed E-state index contributed by atoms with van der Waals surface area (Å²) in [5.41, 5.74) is 2.45. The van der Waals surface area contributed by atoms with Crippen LogP contribution >= 0.6 is 0 Å². The molecule has 0 amide bonds. The summed E-state index contributed by atoms with van der Waals surface area (Å²) in [6, 6.07) is 8.52. The number of aromatic nitrogens is 4. The molecule has 5 rings (SSSR count). The van der Waals surface area contributed by atoms with Crippen LogP contribution in [0.15, 0.2) is 30.6 Å². The van der Waals surface area contributed by atoms with Crippen LogP contribution in [0.2, 0.25) is 0 Å². The number of piperazine rings is 1. The average molecular weight is 445 g/mol. The number of nitriles is 1. The van der Waals surface area contributed by atoms with Crippen molar-refractivity contribution in [2.24, 2.45) is 0 Å². The summed E-state index contributed by atoms with van der Waals surface area (Å²) in [4.78, 5) is 25.4. The number of rotatable bonds is 5. The zero-order valence-electron chi connectivity index (χ0n) is 19.0. The van der Waals surface area contributed by atoms with E-state index in [9.17, 15) is 0 Å². The van der Waals surface area contributed by atoms with E-state index >= 15 is 0 Å². The van der Waals surface area contributed by atoms with Crippen molar-refractivity contribution < 1.29 is 0 Å². The van der Waals surface area contributed by atoms with Crippen LogP contribution in [0.4, 0.5) is 23.4 Å². The molecule has 2 saturated heterocycles. The van der Waals surface area contributed by atoms with Crippen LogP contribution in [-0.2, 0) is 0 Å². The maximum atomic E-state index is 8.94. The van der Waals surface area contributed by atoms with Crippen LogP contribution in [0.5, 0.6) is 0 Å². The molecular formula is C23H28N10. The van der Waals surface area contributed by atoms with E-state index in [1.54, 1.807) is 12.4 Å². The largest absolute Gasteiger partial charge is 0.388 e. The van der Waals surface area contributed by atoms with E-state index in [1.807, 2.05) is 13.1 Å². The predicted molar refractivity (Wildman–Crippen MR) is 130 cm³/mol. The molecule has 1 aromatic carbocycles. The molecule has 0 radical (unpaired) electrons. The standard InChI is InChI=1S/C23H28N10/c1-25-17-3-4-19-20(11-17)29-23(32-9-7-31(2)8-10-32)30-21(19)33-6-5-18(15-33)28-22-26-13-16(12-24)14-27-22/h3-4,11,13-14,18,25H,5-10,15H2,1-2H3,(H,26,27,28)/t18-/m1/s1. The minimum Gasteiger partial charge on any atom is -0.388 e. The number of hydrogen-bond donors (Lipinski definition) is 2. The van der Waals surface area contributed by atoms with E-state index in [0.717, 1.165) is 74.0 Å². The zero-order chi connectivity index (χ0) is 22.8. The minimum atomic E-state index is 0.201. The highest BCUT2D eigenvalue weighted by Crippen LogP contribution is 2.31. The number of benzene rings is 1. The third-order valence-electron chi connectivity index (χ3n) is 6.34. The van der Waals surface area contributed by atoms with Gasteiger partial charge in [-0.05, 0) is 31.7 Å². The van der Waals surface area contributed by atoms with Gasteiger partial charge in [-0.3, -0.25) is 0 Å². The zero-order valence-corrected chi connectivity index (χ0v) is 19.0. The van der Waals surface area contributed by atoms with Gasteiger partial charge in [0.05, 0.1) is 23.5 Å². The van der Waals surface area contributed by atoms with Crippen LogP contribution < -0.4 is 20.4 Å². The summed E-state index contributed by atoms with van der Waals surface area (Å²) in [7, 11) is 4.07. The number of hydrogen-bond acceptors (Lipinski definition) is 10. The molecule has 3 aromatic rings. The van der Waals surface area contributed by atoms with Crippen molar-refractivity contribution in [1.29, 1.82) is 5.26 Å². The molecule has 0 bridgehead atoms. The van der Waals surface area contributed by atoms with E-state index in [-0.39, 0.29) is 6.04 Å². The predicted octanol–water partition coefficient (Wildman–Crippen LogP) is 1.78. The molecule has 0 spiro atoms. The first-order valence-corrected chi connectivity index (χ1v) is 11.3. The SMILES string of the molecule is CNc1ccc2c(N3CC[C@@H](Nc4ncc(C#N)cn4)C3)nc(N3CCN(C)CC3)nc2c1. The van der Waals surface area contributed by atoms with Crippen molar-refractivity contribution in [3.8, 4) is 6.07 Å². The highest BCUT2D eigenvalue weighted by Gasteiger charge is 2.27. The van der Waals surface area contributed by atoms with Crippen LogP contribution in [0.3, 0.4) is 0 Å². The molecule has 2 aliphatic rings. The molecule has 33 heavy (non-hydrogen) atoms. The van der Waals surface area contributed by atoms with Crippen molar-refractivity contribution in [2.75, 3.05) is 73.8 Å². The Balaban J connectivity index is 1.41. The lowest BCUT2D eigenvalue weighted by molar-refractivity contribution is 0.311. The Bertz CT molecular complexity index is 1160. The Hall–Kier alpha value is -3.71. The molecule has 10 heteroatoms. The van der Waals surface area contributed by atoms with Gasteiger partial charge in [0.25, 0.3) is 0 Å².